The fourth-order valence-corrected chi connectivity index (χ4v) is 2.92. The van der Waals surface area contributed by atoms with Crippen molar-refractivity contribution in [2.75, 3.05) is 19.7 Å². The summed E-state index contributed by atoms with van der Waals surface area (Å²) >= 11 is 0. The van der Waals surface area contributed by atoms with Crippen LogP contribution in [0.4, 0.5) is 8.78 Å². The third-order valence-electron chi connectivity index (χ3n) is 4.07. The third kappa shape index (κ3) is 4.04. The molecule has 2 aromatic rings. The Balaban J connectivity index is 1.70. The van der Waals surface area contributed by atoms with E-state index in [0.717, 1.165) is 25.9 Å². The molecule has 1 aliphatic rings. The minimum Gasteiger partial charge on any atom is -0.435 e. The Morgan fingerprint density at radius 3 is 2.79 bits per heavy atom. The molecule has 2 heterocycles. The Kier molecular flexibility index (Phi) is 5.31. The summed E-state index contributed by atoms with van der Waals surface area (Å²) in [6, 6.07) is 6.17. The van der Waals surface area contributed by atoms with E-state index in [1.165, 1.54) is 12.1 Å². The summed E-state index contributed by atoms with van der Waals surface area (Å²) < 4.78 is 30.3. The van der Waals surface area contributed by atoms with Crippen LogP contribution in [-0.4, -0.2) is 56.5 Å². The van der Waals surface area contributed by atoms with Crippen LogP contribution in [0.25, 0.3) is 5.69 Å². The summed E-state index contributed by atoms with van der Waals surface area (Å²) in [6.45, 7) is -0.348. The van der Waals surface area contributed by atoms with Crippen molar-refractivity contribution in [2.24, 2.45) is 5.92 Å². The van der Waals surface area contributed by atoms with Gasteiger partial charge < -0.3 is 9.84 Å². The molecule has 0 spiro atoms. The maximum atomic E-state index is 12.2. The largest absolute Gasteiger partial charge is 0.435 e. The van der Waals surface area contributed by atoms with Crippen LogP contribution in [0, 0.1) is 5.92 Å². The van der Waals surface area contributed by atoms with Gasteiger partial charge in [0.25, 0.3) is 0 Å². The average Bonchev–Trinajstić information content (AvgIpc) is 3.03. The van der Waals surface area contributed by atoms with E-state index in [-0.39, 0.29) is 18.3 Å². The lowest BCUT2D eigenvalue weighted by atomic mass is 9.99. The molecule has 130 valence electrons. The number of piperidine rings is 1. The Morgan fingerprint density at radius 1 is 1.29 bits per heavy atom. The molecule has 7 nitrogen and oxygen atoms in total. The predicted molar refractivity (Wildman–Crippen MR) is 80.9 cm³/mol. The zero-order chi connectivity index (χ0) is 16.9. The number of alkyl halides is 2. The SMILES string of the molecule is OCC1CCCN(Cc2nnnn2-c2ccc(OC(F)F)cc2)C1. The van der Waals surface area contributed by atoms with Crippen LogP contribution >= 0.6 is 0 Å². The zero-order valence-electron chi connectivity index (χ0n) is 13.1. The highest BCUT2D eigenvalue weighted by Gasteiger charge is 2.21. The predicted octanol–water partition coefficient (Wildman–Crippen LogP) is 1.47. The average molecular weight is 339 g/mol. The first-order valence-electron chi connectivity index (χ1n) is 7.81. The molecule has 3 rings (SSSR count). The first-order valence-corrected chi connectivity index (χ1v) is 7.81. The highest BCUT2D eigenvalue weighted by atomic mass is 19.3. The minimum absolute atomic E-state index is 0.0881. The number of hydrogen-bond donors (Lipinski definition) is 1. The van der Waals surface area contributed by atoms with E-state index in [0.29, 0.717) is 18.1 Å². The number of aliphatic hydroxyl groups excluding tert-OH is 1. The van der Waals surface area contributed by atoms with Gasteiger partial charge in [-0.2, -0.15) is 13.5 Å². The van der Waals surface area contributed by atoms with E-state index in [4.69, 9.17) is 0 Å². The lowest BCUT2D eigenvalue weighted by molar-refractivity contribution is -0.0498. The van der Waals surface area contributed by atoms with E-state index in [2.05, 4.69) is 25.2 Å². The molecule has 0 saturated carbocycles. The Labute approximate surface area is 137 Å². The van der Waals surface area contributed by atoms with Gasteiger partial charge in [0.15, 0.2) is 5.82 Å². The molecule has 0 amide bonds. The topological polar surface area (TPSA) is 76.3 Å². The van der Waals surface area contributed by atoms with Crippen LogP contribution in [0.15, 0.2) is 24.3 Å². The van der Waals surface area contributed by atoms with Gasteiger partial charge in [-0.3, -0.25) is 4.90 Å². The molecule has 0 aliphatic carbocycles. The van der Waals surface area contributed by atoms with Crippen molar-refractivity contribution in [3.8, 4) is 11.4 Å². The van der Waals surface area contributed by atoms with Crippen molar-refractivity contribution in [1.29, 1.82) is 0 Å². The van der Waals surface area contributed by atoms with Gasteiger partial charge >= 0.3 is 6.61 Å². The number of benzene rings is 1. The van der Waals surface area contributed by atoms with Crippen molar-refractivity contribution in [3.05, 3.63) is 30.1 Å². The van der Waals surface area contributed by atoms with Gasteiger partial charge in [-0.25, -0.2) is 0 Å². The normalized spacial score (nSPS) is 18.9. The molecule has 1 atom stereocenters. The summed E-state index contributed by atoms with van der Waals surface area (Å²) in [5.41, 5.74) is 0.673. The smallest absolute Gasteiger partial charge is 0.387 e. The van der Waals surface area contributed by atoms with Crippen molar-refractivity contribution in [3.63, 3.8) is 0 Å². The van der Waals surface area contributed by atoms with Crippen LogP contribution in [-0.2, 0) is 6.54 Å². The van der Waals surface area contributed by atoms with Crippen molar-refractivity contribution >= 4 is 0 Å². The van der Waals surface area contributed by atoms with E-state index in [1.807, 2.05) is 0 Å². The quantitative estimate of drug-likeness (QED) is 0.859. The summed E-state index contributed by atoms with van der Waals surface area (Å²) in [5, 5.41) is 21.1. The standard InChI is InChI=1S/C15H19F2N5O2/c16-15(17)24-13-5-3-12(4-6-13)22-14(18-19-20-22)9-21-7-1-2-11(8-21)10-23/h3-6,11,15,23H,1-2,7-10H2. The second-order valence-electron chi connectivity index (χ2n) is 5.81. The molecule has 1 aromatic carbocycles. The number of ether oxygens (including phenoxy) is 1. The maximum Gasteiger partial charge on any atom is 0.387 e. The van der Waals surface area contributed by atoms with Crippen LogP contribution in [0.3, 0.4) is 0 Å². The number of hydrogen-bond acceptors (Lipinski definition) is 6. The Hall–Kier alpha value is -2.13. The molecule has 1 N–H and O–H groups in total. The third-order valence-corrected chi connectivity index (χ3v) is 4.07. The fourth-order valence-electron chi connectivity index (χ4n) is 2.92. The first-order chi connectivity index (χ1) is 11.7. The molecular weight excluding hydrogens is 320 g/mol. The maximum absolute atomic E-state index is 12.2. The molecule has 1 unspecified atom stereocenters. The summed E-state index contributed by atoms with van der Waals surface area (Å²) in [7, 11) is 0. The van der Waals surface area contributed by atoms with E-state index >= 15 is 0 Å². The van der Waals surface area contributed by atoms with Gasteiger partial charge in [-0.15, -0.1) is 5.10 Å². The lowest BCUT2D eigenvalue weighted by Gasteiger charge is -2.31. The zero-order valence-corrected chi connectivity index (χ0v) is 13.1. The monoisotopic (exact) mass is 339 g/mol. The highest BCUT2D eigenvalue weighted by Crippen LogP contribution is 2.20. The second kappa shape index (κ2) is 7.63. The fraction of sp³-hybridized carbons (Fsp3) is 0.533. The molecule has 1 saturated heterocycles. The summed E-state index contributed by atoms with van der Waals surface area (Å²) in [4.78, 5) is 2.21. The molecule has 0 bridgehead atoms. The number of likely N-dealkylation sites (tertiary alicyclic amines) is 1. The van der Waals surface area contributed by atoms with Gasteiger partial charge in [0.05, 0.1) is 12.2 Å². The molecule has 1 aliphatic heterocycles. The summed E-state index contributed by atoms with van der Waals surface area (Å²) in [5.74, 6) is 1.04. The number of aromatic nitrogens is 4. The van der Waals surface area contributed by atoms with Gasteiger partial charge in [0, 0.05) is 13.2 Å². The molecule has 0 radical (unpaired) electrons. The molecule has 1 aromatic heterocycles. The van der Waals surface area contributed by atoms with Gasteiger partial charge in [0.1, 0.15) is 5.75 Å². The molecule has 9 heteroatoms. The van der Waals surface area contributed by atoms with E-state index in [9.17, 15) is 13.9 Å². The van der Waals surface area contributed by atoms with Crippen LogP contribution in [0.1, 0.15) is 18.7 Å². The van der Waals surface area contributed by atoms with Gasteiger partial charge in [-0.1, -0.05) is 0 Å². The van der Waals surface area contributed by atoms with E-state index in [1.54, 1.807) is 16.8 Å². The molecular formula is C15H19F2N5O2. The van der Waals surface area contributed by atoms with Crippen LogP contribution in [0.2, 0.25) is 0 Å². The highest BCUT2D eigenvalue weighted by molar-refractivity contribution is 5.37. The number of tetrazole rings is 1. The first kappa shape index (κ1) is 16.7. The van der Waals surface area contributed by atoms with Crippen LogP contribution < -0.4 is 4.74 Å². The van der Waals surface area contributed by atoms with Gasteiger partial charge in [-0.05, 0) is 60.0 Å². The number of rotatable bonds is 6. The Bertz CT molecular complexity index is 650. The van der Waals surface area contributed by atoms with Crippen molar-refractivity contribution in [1.82, 2.24) is 25.1 Å². The Morgan fingerprint density at radius 2 is 2.08 bits per heavy atom. The van der Waals surface area contributed by atoms with E-state index < -0.39 is 6.61 Å². The number of nitrogens with zero attached hydrogens (tertiary/aromatic N) is 5. The molecule has 1 fully saturated rings. The second-order valence-corrected chi connectivity index (χ2v) is 5.81. The van der Waals surface area contributed by atoms with Crippen molar-refractivity contribution < 1.29 is 18.6 Å². The van der Waals surface area contributed by atoms with Crippen molar-refractivity contribution in [2.45, 2.75) is 26.0 Å². The van der Waals surface area contributed by atoms with Gasteiger partial charge in [0.2, 0.25) is 0 Å². The minimum atomic E-state index is -2.85. The van der Waals surface area contributed by atoms with Crippen LogP contribution in [0.5, 0.6) is 5.75 Å². The number of halogens is 2. The lowest BCUT2D eigenvalue weighted by Crippen LogP contribution is -2.37. The number of aliphatic hydroxyl groups is 1. The summed E-state index contributed by atoms with van der Waals surface area (Å²) in [6.07, 6.45) is 2.07. The molecule has 24 heavy (non-hydrogen) atoms.